The van der Waals surface area contributed by atoms with Crippen LogP contribution in [-0.4, -0.2) is 19.6 Å². The fourth-order valence-electron chi connectivity index (χ4n) is 5.72. The summed E-state index contributed by atoms with van der Waals surface area (Å²) in [4.78, 5) is 12.3. The number of aryl methyl sites for hydroxylation is 1. The van der Waals surface area contributed by atoms with Gasteiger partial charge in [-0.25, -0.2) is 4.79 Å². The summed E-state index contributed by atoms with van der Waals surface area (Å²) >= 11 is 0. The van der Waals surface area contributed by atoms with Crippen LogP contribution in [0, 0.1) is 12.8 Å². The second-order valence-corrected chi connectivity index (χ2v) is 9.88. The summed E-state index contributed by atoms with van der Waals surface area (Å²) in [5.41, 5.74) is 7.05. The average molecular weight is 464 g/mol. The molecule has 3 nitrogen and oxygen atoms in total. The molecule has 0 spiro atoms. The third-order valence-corrected chi connectivity index (χ3v) is 7.43. The Morgan fingerprint density at radius 1 is 1.00 bits per heavy atom. The van der Waals surface area contributed by atoms with Gasteiger partial charge in [-0.2, -0.15) is 0 Å². The smallest absolute Gasteiger partial charge is 0.337 e. The van der Waals surface area contributed by atoms with Gasteiger partial charge in [0.2, 0.25) is 0 Å². The number of hydrogen-bond acceptors (Lipinski definition) is 3. The molecule has 4 aromatic rings. The molecule has 0 saturated carbocycles. The summed E-state index contributed by atoms with van der Waals surface area (Å²) in [6, 6.07) is 30.4. The number of esters is 1. The summed E-state index contributed by atoms with van der Waals surface area (Å²) in [5, 5.41) is 6.44. The Balaban J connectivity index is 1.39. The molecule has 0 fully saturated rings. The molecule has 3 atom stereocenters. The number of carbonyl (C=O) groups excluding carboxylic acids is 1. The van der Waals surface area contributed by atoms with Crippen LogP contribution in [0.1, 0.15) is 63.5 Å². The first-order valence-electron chi connectivity index (χ1n) is 12.5. The molecule has 4 aromatic carbocycles. The van der Waals surface area contributed by atoms with Crippen LogP contribution in [0.2, 0.25) is 0 Å². The van der Waals surface area contributed by atoms with E-state index < -0.39 is 0 Å². The maximum Gasteiger partial charge on any atom is 0.337 e. The third-order valence-electron chi connectivity index (χ3n) is 7.43. The molecule has 3 unspecified atom stereocenters. The Hall–Kier alpha value is -3.43. The fraction of sp³-hybridized carbons (Fsp3) is 0.281. The molecule has 0 amide bonds. The first kappa shape index (κ1) is 23.3. The summed E-state index contributed by atoms with van der Waals surface area (Å²) in [5.74, 6) is 0.499. The molecular weight excluding hydrogens is 430 g/mol. The van der Waals surface area contributed by atoms with Gasteiger partial charge in [0.15, 0.2) is 0 Å². The second-order valence-electron chi connectivity index (χ2n) is 9.88. The predicted molar refractivity (Wildman–Crippen MR) is 143 cm³/mol. The van der Waals surface area contributed by atoms with Gasteiger partial charge in [0.25, 0.3) is 0 Å². The van der Waals surface area contributed by atoms with Crippen molar-refractivity contribution in [2.45, 2.75) is 38.6 Å². The van der Waals surface area contributed by atoms with Crippen molar-refractivity contribution in [1.82, 2.24) is 5.32 Å². The lowest BCUT2D eigenvalue weighted by molar-refractivity contribution is 0.0600. The van der Waals surface area contributed by atoms with Gasteiger partial charge in [-0.1, -0.05) is 72.8 Å². The minimum absolute atomic E-state index is 0.265. The van der Waals surface area contributed by atoms with E-state index in [2.05, 4.69) is 92.0 Å². The van der Waals surface area contributed by atoms with Crippen molar-refractivity contribution in [2.75, 3.05) is 13.7 Å². The summed E-state index contributed by atoms with van der Waals surface area (Å²) in [7, 11) is 1.44. The van der Waals surface area contributed by atoms with E-state index in [4.69, 9.17) is 4.74 Å². The van der Waals surface area contributed by atoms with Crippen LogP contribution < -0.4 is 5.32 Å². The van der Waals surface area contributed by atoms with Gasteiger partial charge >= 0.3 is 5.97 Å². The molecule has 0 aliphatic heterocycles. The molecule has 0 radical (unpaired) electrons. The summed E-state index contributed by atoms with van der Waals surface area (Å²) < 4.78 is 5.01. The zero-order chi connectivity index (χ0) is 24.4. The predicted octanol–water partition coefficient (Wildman–Crippen LogP) is 6.98. The Bertz CT molecular complexity index is 1350. The molecule has 35 heavy (non-hydrogen) atoms. The highest BCUT2D eigenvalue weighted by Crippen LogP contribution is 2.40. The number of nitrogens with one attached hydrogen (secondary N) is 1. The molecule has 0 aromatic heterocycles. The monoisotopic (exact) mass is 463 g/mol. The largest absolute Gasteiger partial charge is 0.465 e. The van der Waals surface area contributed by atoms with Crippen molar-refractivity contribution >= 4 is 16.7 Å². The number of rotatable bonds is 6. The summed E-state index contributed by atoms with van der Waals surface area (Å²) in [6.45, 7) is 5.26. The molecule has 5 rings (SSSR count). The van der Waals surface area contributed by atoms with Gasteiger partial charge in [-0.3, -0.25) is 0 Å². The molecule has 178 valence electrons. The number of methoxy groups -OCH3 is 1. The highest BCUT2D eigenvalue weighted by molar-refractivity contribution is 5.90. The number of ether oxygens (including phenoxy) is 1. The standard InChI is InChI=1S/C32H33NO2/c1-21-15-26(19-27(16-21)32(34)35-3)31-18-23(17-25-10-5-7-13-30(25)31)20-33-22(2)28-14-8-11-24-9-4-6-12-29(24)28/h4-16,19,22-23,31,33H,17-18,20H2,1-3H3. The highest BCUT2D eigenvalue weighted by atomic mass is 16.5. The lowest BCUT2D eigenvalue weighted by Crippen LogP contribution is -2.31. The van der Waals surface area contributed by atoms with E-state index in [0.29, 0.717) is 11.5 Å². The van der Waals surface area contributed by atoms with Gasteiger partial charge in [0, 0.05) is 12.0 Å². The van der Waals surface area contributed by atoms with E-state index in [0.717, 1.165) is 24.9 Å². The first-order valence-corrected chi connectivity index (χ1v) is 12.5. The van der Waals surface area contributed by atoms with Crippen molar-refractivity contribution in [3.8, 4) is 0 Å². The van der Waals surface area contributed by atoms with Crippen molar-refractivity contribution in [3.63, 3.8) is 0 Å². The van der Waals surface area contributed by atoms with E-state index in [1.165, 1.54) is 40.1 Å². The molecule has 1 aliphatic rings. The minimum Gasteiger partial charge on any atom is -0.465 e. The molecule has 0 bridgehead atoms. The number of hydrogen-bond donors (Lipinski definition) is 1. The number of fused-ring (bicyclic) bond motifs is 2. The maximum atomic E-state index is 12.3. The molecular formula is C32H33NO2. The van der Waals surface area contributed by atoms with E-state index in [1.807, 2.05) is 12.1 Å². The van der Waals surface area contributed by atoms with Gasteiger partial charge in [-0.05, 0) is 89.9 Å². The normalized spacial score (nSPS) is 18.1. The first-order chi connectivity index (χ1) is 17.0. The van der Waals surface area contributed by atoms with Crippen LogP contribution in [0.15, 0.2) is 84.9 Å². The van der Waals surface area contributed by atoms with E-state index in [1.54, 1.807) is 0 Å². The van der Waals surface area contributed by atoms with Gasteiger partial charge in [0.1, 0.15) is 0 Å². The van der Waals surface area contributed by atoms with Crippen LogP contribution in [0.5, 0.6) is 0 Å². The molecule has 3 heteroatoms. The Morgan fingerprint density at radius 2 is 1.77 bits per heavy atom. The quantitative estimate of drug-likeness (QED) is 0.314. The lowest BCUT2D eigenvalue weighted by Gasteiger charge is -2.33. The van der Waals surface area contributed by atoms with Crippen LogP contribution in [0.4, 0.5) is 0 Å². The number of carbonyl (C=O) groups is 1. The number of benzene rings is 4. The van der Waals surface area contributed by atoms with Crippen LogP contribution >= 0.6 is 0 Å². The fourth-order valence-corrected chi connectivity index (χ4v) is 5.72. The molecule has 1 N–H and O–H groups in total. The van der Waals surface area contributed by atoms with Gasteiger partial charge < -0.3 is 10.1 Å². The van der Waals surface area contributed by atoms with E-state index >= 15 is 0 Å². The molecule has 0 heterocycles. The Morgan fingerprint density at radius 3 is 2.63 bits per heavy atom. The zero-order valence-corrected chi connectivity index (χ0v) is 20.8. The zero-order valence-electron chi connectivity index (χ0n) is 20.8. The van der Waals surface area contributed by atoms with E-state index in [-0.39, 0.29) is 17.9 Å². The third kappa shape index (κ3) is 4.87. The molecule has 1 aliphatic carbocycles. The van der Waals surface area contributed by atoms with Crippen LogP contribution in [0.3, 0.4) is 0 Å². The Kier molecular flexibility index (Phi) is 6.70. The minimum atomic E-state index is -0.277. The van der Waals surface area contributed by atoms with Gasteiger partial charge in [-0.15, -0.1) is 0 Å². The summed E-state index contributed by atoms with van der Waals surface area (Å²) in [6.07, 6.45) is 2.12. The van der Waals surface area contributed by atoms with Gasteiger partial charge in [0.05, 0.1) is 12.7 Å². The highest BCUT2D eigenvalue weighted by Gasteiger charge is 2.29. The second kappa shape index (κ2) is 10.1. The van der Waals surface area contributed by atoms with Crippen molar-refractivity contribution < 1.29 is 9.53 Å². The lowest BCUT2D eigenvalue weighted by atomic mass is 9.73. The van der Waals surface area contributed by atoms with Crippen molar-refractivity contribution in [2.24, 2.45) is 5.92 Å². The van der Waals surface area contributed by atoms with Crippen LogP contribution in [-0.2, 0) is 11.2 Å². The average Bonchev–Trinajstić information content (AvgIpc) is 2.90. The topological polar surface area (TPSA) is 38.3 Å². The van der Waals surface area contributed by atoms with Crippen molar-refractivity contribution in [3.05, 3.63) is 118 Å². The SMILES string of the molecule is COC(=O)c1cc(C)cc(C2CC(CNC(C)c3cccc4ccccc34)Cc3ccccc32)c1. The van der Waals surface area contributed by atoms with E-state index in [9.17, 15) is 4.79 Å². The van der Waals surface area contributed by atoms with Crippen LogP contribution in [0.25, 0.3) is 10.8 Å². The Labute approximate surface area is 208 Å². The maximum absolute atomic E-state index is 12.3. The molecule has 0 saturated heterocycles. The van der Waals surface area contributed by atoms with Crippen molar-refractivity contribution in [1.29, 1.82) is 0 Å².